The molecule has 0 aromatic carbocycles. The maximum atomic E-state index is 2.76. The van der Waals surface area contributed by atoms with Crippen LogP contribution >= 0.6 is 0 Å². The number of rotatable bonds is 3. The number of hydrogen-bond donors (Lipinski definition) is 0. The number of nitrogens with zero attached hydrogens (tertiary/aromatic N) is 1. The third kappa shape index (κ3) is 2.81. The standard InChI is InChI=1S/C4H17NSi3/c1-4-5(7-6)8(2)3/h8H,4,7H2,1-3,6H3. The van der Waals surface area contributed by atoms with Crippen molar-refractivity contribution in [1.82, 2.24) is 4.23 Å². The predicted octanol–water partition coefficient (Wildman–Crippen LogP) is -1.34. The van der Waals surface area contributed by atoms with Gasteiger partial charge in [0.1, 0.15) is 0 Å². The highest BCUT2D eigenvalue weighted by Crippen LogP contribution is 1.87. The Morgan fingerprint density at radius 3 is 2.12 bits per heavy atom. The lowest BCUT2D eigenvalue weighted by Crippen LogP contribution is -2.37. The fraction of sp³-hybridized carbons (Fsp3) is 1.00. The summed E-state index contributed by atoms with van der Waals surface area (Å²) in [5, 5.41) is 0. The number of hydrogen-bond acceptors (Lipinski definition) is 1. The molecule has 0 aliphatic carbocycles. The molecule has 0 aromatic heterocycles. The molecule has 0 saturated heterocycles. The van der Waals surface area contributed by atoms with E-state index in [9.17, 15) is 0 Å². The molecule has 4 heteroatoms. The van der Waals surface area contributed by atoms with E-state index < -0.39 is 0 Å². The Kier molecular flexibility index (Phi) is 4.83. The summed E-state index contributed by atoms with van der Waals surface area (Å²) < 4.78 is 2.76. The van der Waals surface area contributed by atoms with Crippen molar-refractivity contribution in [2.45, 2.75) is 20.0 Å². The molecule has 0 N–H and O–H groups in total. The molecule has 0 aromatic rings. The lowest BCUT2D eigenvalue weighted by molar-refractivity contribution is 0.712. The Bertz CT molecular complexity index is 53.2. The monoisotopic (exact) mass is 163 g/mol. The van der Waals surface area contributed by atoms with E-state index in [0.717, 1.165) is 0 Å². The van der Waals surface area contributed by atoms with Gasteiger partial charge in [-0.15, -0.1) is 0 Å². The minimum Gasteiger partial charge on any atom is -0.356 e. The van der Waals surface area contributed by atoms with Crippen LogP contribution < -0.4 is 0 Å². The average Bonchev–Trinajstić information content (AvgIpc) is 1.69. The van der Waals surface area contributed by atoms with Crippen LogP contribution in [0.15, 0.2) is 0 Å². The van der Waals surface area contributed by atoms with Gasteiger partial charge >= 0.3 is 0 Å². The fourth-order valence-corrected chi connectivity index (χ4v) is 13.0. The zero-order valence-electron chi connectivity index (χ0n) is 6.44. The van der Waals surface area contributed by atoms with Crippen LogP contribution in [-0.2, 0) is 0 Å². The molecule has 8 heavy (non-hydrogen) atoms. The van der Waals surface area contributed by atoms with Crippen molar-refractivity contribution in [3.63, 3.8) is 0 Å². The second-order valence-electron chi connectivity index (χ2n) is 2.31. The smallest absolute Gasteiger partial charge is 0.0976 e. The van der Waals surface area contributed by atoms with Crippen LogP contribution in [0.4, 0.5) is 0 Å². The molecule has 0 bridgehead atoms. The molecular formula is C4H17NSi3. The van der Waals surface area contributed by atoms with Crippen molar-refractivity contribution in [3.8, 4) is 0 Å². The maximum Gasteiger partial charge on any atom is 0.0976 e. The van der Waals surface area contributed by atoms with Gasteiger partial charge in [0.25, 0.3) is 0 Å². The SMILES string of the molecule is CCN([SiH2][SiH3])[SiH](C)C. The van der Waals surface area contributed by atoms with Crippen molar-refractivity contribution in [1.29, 1.82) is 0 Å². The minimum absolute atomic E-state index is 0.314. The summed E-state index contributed by atoms with van der Waals surface area (Å²) in [6.07, 6.45) is 0. The van der Waals surface area contributed by atoms with Crippen LogP contribution in [0.5, 0.6) is 0 Å². The van der Waals surface area contributed by atoms with Crippen LogP contribution in [0.1, 0.15) is 6.92 Å². The third-order valence-corrected chi connectivity index (χ3v) is 12.5. The molecule has 0 amide bonds. The average molecular weight is 163 g/mol. The van der Waals surface area contributed by atoms with Gasteiger partial charge in [0.2, 0.25) is 0 Å². The molecule has 1 nitrogen and oxygen atoms in total. The van der Waals surface area contributed by atoms with Gasteiger partial charge in [0.05, 0.1) is 18.2 Å². The Labute approximate surface area is 59.3 Å². The van der Waals surface area contributed by atoms with Crippen molar-refractivity contribution in [3.05, 3.63) is 0 Å². The van der Waals surface area contributed by atoms with Crippen LogP contribution in [0.3, 0.4) is 0 Å². The molecular weight excluding hydrogens is 146 g/mol. The summed E-state index contributed by atoms with van der Waals surface area (Å²) in [5.74, 6) is 0. The molecule has 0 aliphatic rings. The second kappa shape index (κ2) is 4.49. The molecule has 0 atom stereocenters. The highest BCUT2D eigenvalue weighted by atomic mass is 29.1. The van der Waals surface area contributed by atoms with E-state index in [1.807, 2.05) is 0 Å². The van der Waals surface area contributed by atoms with Crippen LogP contribution in [-0.4, -0.2) is 38.7 Å². The van der Waals surface area contributed by atoms with Gasteiger partial charge in [-0.3, -0.25) is 0 Å². The topological polar surface area (TPSA) is 3.24 Å². The van der Waals surface area contributed by atoms with E-state index >= 15 is 0 Å². The van der Waals surface area contributed by atoms with Crippen molar-refractivity contribution in [2.75, 3.05) is 6.54 Å². The van der Waals surface area contributed by atoms with Crippen molar-refractivity contribution < 1.29 is 0 Å². The molecule has 0 rings (SSSR count). The highest BCUT2D eigenvalue weighted by Gasteiger charge is 2.02. The van der Waals surface area contributed by atoms with E-state index in [1.165, 1.54) is 16.3 Å². The second-order valence-corrected chi connectivity index (χ2v) is 9.31. The van der Waals surface area contributed by atoms with Crippen LogP contribution in [0.25, 0.3) is 0 Å². The Balaban J connectivity index is 3.35. The summed E-state index contributed by atoms with van der Waals surface area (Å²) >= 11 is 0. The molecule has 0 fully saturated rings. The van der Waals surface area contributed by atoms with E-state index in [4.69, 9.17) is 0 Å². The fourth-order valence-electron chi connectivity index (χ4n) is 0.954. The normalized spacial score (nSPS) is 13.1. The Hall–Kier alpha value is 0.611. The largest absolute Gasteiger partial charge is 0.356 e. The first-order chi connectivity index (χ1) is 3.72. The maximum absolute atomic E-state index is 2.76. The van der Waals surface area contributed by atoms with Gasteiger partial charge in [0.15, 0.2) is 0 Å². The molecule has 0 spiro atoms. The molecule has 0 saturated carbocycles. The first-order valence-electron chi connectivity index (χ1n) is 3.46. The van der Waals surface area contributed by atoms with Gasteiger partial charge in [-0.2, -0.15) is 0 Å². The van der Waals surface area contributed by atoms with Gasteiger partial charge in [0, 0.05) is 9.76 Å². The summed E-state index contributed by atoms with van der Waals surface area (Å²) in [6, 6.07) is 0. The zero-order chi connectivity index (χ0) is 6.57. The summed E-state index contributed by atoms with van der Waals surface area (Å²) in [7, 11) is 1.44. The van der Waals surface area contributed by atoms with E-state index in [2.05, 4.69) is 24.2 Å². The van der Waals surface area contributed by atoms with E-state index in [-0.39, 0.29) is 8.96 Å². The highest BCUT2D eigenvalue weighted by molar-refractivity contribution is 6.92. The predicted molar refractivity (Wildman–Crippen MR) is 49.7 cm³/mol. The zero-order valence-corrected chi connectivity index (χ0v) is 11.0. The lowest BCUT2D eigenvalue weighted by atomic mass is 10.8. The Morgan fingerprint density at radius 2 is 2.12 bits per heavy atom. The molecule has 50 valence electrons. The summed E-state index contributed by atoms with van der Waals surface area (Å²) in [4.78, 5) is 0. The van der Waals surface area contributed by atoms with E-state index in [1.54, 1.807) is 0 Å². The quantitative estimate of drug-likeness (QED) is 0.466. The summed E-state index contributed by atoms with van der Waals surface area (Å²) in [6.45, 7) is 8.47. The van der Waals surface area contributed by atoms with Gasteiger partial charge in [-0.25, -0.2) is 0 Å². The van der Waals surface area contributed by atoms with E-state index in [0.29, 0.717) is 9.20 Å². The van der Waals surface area contributed by atoms with Crippen LogP contribution in [0, 0.1) is 0 Å². The molecule has 0 heterocycles. The first-order valence-corrected chi connectivity index (χ1v) is 12.6. The first kappa shape index (κ1) is 8.61. The molecule has 0 unspecified atom stereocenters. The summed E-state index contributed by atoms with van der Waals surface area (Å²) in [5.41, 5.74) is 0. The van der Waals surface area contributed by atoms with Gasteiger partial charge in [-0.1, -0.05) is 20.0 Å². The van der Waals surface area contributed by atoms with Crippen molar-refractivity contribution in [2.24, 2.45) is 0 Å². The van der Waals surface area contributed by atoms with Crippen LogP contribution in [0.2, 0.25) is 13.1 Å². The lowest BCUT2D eigenvalue weighted by Gasteiger charge is -2.21. The molecule has 0 radical (unpaired) electrons. The molecule has 0 aliphatic heterocycles. The van der Waals surface area contributed by atoms with Gasteiger partial charge in [-0.05, 0) is 6.54 Å². The van der Waals surface area contributed by atoms with Gasteiger partial charge < -0.3 is 4.23 Å². The minimum atomic E-state index is -0.356. The Morgan fingerprint density at radius 1 is 1.62 bits per heavy atom. The third-order valence-electron chi connectivity index (χ3n) is 1.54. The van der Waals surface area contributed by atoms with Crippen molar-refractivity contribution >= 4 is 27.9 Å².